The van der Waals surface area contributed by atoms with Crippen LogP contribution >= 0.6 is 0 Å². The summed E-state index contributed by atoms with van der Waals surface area (Å²) in [5.74, 6) is -0.0934. The van der Waals surface area contributed by atoms with Crippen molar-refractivity contribution in [3.63, 3.8) is 0 Å². The van der Waals surface area contributed by atoms with Crippen LogP contribution in [0.4, 0.5) is 13.2 Å². The number of carbonyl (C=O) groups is 1. The van der Waals surface area contributed by atoms with Crippen LogP contribution in [-0.4, -0.2) is 42.4 Å². The Morgan fingerprint density at radius 1 is 1.29 bits per heavy atom. The van der Waals surface area contributed by atoms with Crippen LogP contribution in [0.25, 0.3) is 0 Å². The van der Waals surface area contributed by atoms with E-state index in [4.69, 9.17) is 0 Å². The average Bonchev–Trinajstić information content (AvgIpc) is 2.87. The van der Waals surface area contributed by atoms with Gasteiger partial charge in [0.05, 0.1) is 0 Å². The fraction of sp³-hybridized carbons (Fsp3) is 0.583. The number of hydrogen-bond acceptors (Lipinski definition) is 3. The molecule has 0 aromatic carbocycles. The van der Waals surface area contributed by atoms with Crippen molar-refractivity contribution in [2.24, 2.45) is 0 Å². The van der Waals surface area contributed by atoms with Crippen molar-refractivity contribution in [2.75, 3.05) is 13.1 Å². The summed E-state index contributed by atoms with van der Waals surface area (Å²) in [4.78, 5) is 12.8. The Balaban J connectivity index is 2.25. The topological polar surface area (TPSA) is 59.4 Å². The molecule has 1 aliphatic rings. The fourth-order valence-corrected chi connectivity index (χ4v) is 3.47. The number of likely N-dealkylation sites (tertiary alicyclic amines) is 1. The zero-order valence-electron chi connectivity index (χ0n) is 11.3. The van der Waals surface area contributed by atoms with Crippen molar-refractivity contribution in [1.82, 2.24) is 9.47 Å². The molecule has 1 fully saturated rings. The smallest absolute Gasteiger partial charge is 0.343 e. The van der Waals surface area contributed by atoms with Gasteiger partial charge in [-0.2, -0.15) is 13.2 Å². The van der Waals surface area contributed by atoms with Crippen molar-refractivity contribution >= 4 is 15.7 Å². The SMILES string of the molecule is CC(=O)N1CCC(n2cccc2S(=O)(=O)C(F)(F)F)CC1. The summed E-state index contributed by atoms with van der Waals surface area (Å²) < 4.78 is 62.2. The molecule has 2 heterocycles. The Kier molecular flexibility index (Phi) is 4.05. The molecule has 0 unspecified atom stereocenters. The lowest BCUT2D eigenvalue weighted by Gasteiger charge is -2.32. The molecule has 0 spiro atoms. The Labute approximate surface area is 120 Å². The highest BCUT2D eigenvalue weighted by Gasteiger charge is 2.48. The number of sulfone groups is 1. The van der Waals surface area contributed by atoms with E-state index < -0.39 is 20.4 Å². The van der Waals surface area contributed by atoms with Crippen LogP contribution in [0, 0.1) is 0 Å². The zero-order valence-corrected chi connectivity index (χ0v) is 12.1. The van der Waals surface area contributed by atoms with Gasteiger partial charge in [0.2, 0.25) is 5.91 Å². The van der Waals surface area contributed by atoms with Gasteiger partial charge in [0.1, 0.15) is 5.03 Å². The third-order valence-electron chi connectivity index (χ3n) is 3.62. The summed E-state index contributed by atoms with van der Waals surface area (Å²) in [7, 11) is -5.36. The first kappa shape index (κ1) is 15.9. The number of amides is 1. The van der Waals surface area contributed by atoms with Crippen molar-refractivity contribution in [2.45, 2.75) is 36.3 Å². The standard InChI is InChI=1S/C12H15F3N2O3S/c1-9(18)16-7-4-10(5-8-16)17-6-2-3-11(17)21(19,20)12(13,14)15/h2-3,6,10H,4-5,7-8H2,1H3. The van der Waals surface area contributed by atoms with E-state index in [2.05, 4.69) is 0 Å². The third kappa shape index (κ3) is 2.92. The third-order valence-corrected chi connectivity index (χ3v) is 5.13. The quantitative estimate of drug-likeness (QED) is 0.835. The van der Waals surface area contributed by atoms with E-state index in [1.54, 1.807) is 4.90 Å². The van der Waals surface area contributed by atoms with Crippen LogP contribution in [0.2, 0.25) is 0 Å². The van der Waals surface area contributed by atoms with Gasteiger partial charge < -0.3 is 9.47 Å². The first-order valence-electron chi connectivity index (χ1n) is 6.38. The summed E-state index contributed by atoms with van der Waals surface area (Å²) in [6.07, 6.45) is 2.19. The molecule has 0 radical (unpaired) electrons. The minimum absolute atomic E-state index is 0.0934. The second-order valence-electron chi connectivity index (χ2n) is 4.94. The van der Waals surface area contributed by atoms with E-state index in [0.29, 0.717) is 25.9 Å². The van der Waals surface area contributed by atoms with Crippen LogP contribution < -0.4 is 0 Å². The van der Waals surface area contributed by atoms with E-state index >= 15 is 0 Å². The van der Waals surface area contributed by atoms with Crippen molar-refractivity contribution in [3.8, 4) is 0 Å². The number of rotatable bonds is 2. The molecular formula is C12H15F3N2O3S. The van der Waals surface area contributed by atoms with Gasteiger partial charge in [0.15, 0.2) is 0 Å². The molecule has 0 bridgehead atoms. The van der Waals surface area contributed by atoms with E-state index in [1.165, 1.54) is 19.2 Å². The Morgan fingerprint density at radius 2 is 1.86 bits per heavy atom. The highest BCUT2D eigenvalue weighted by molar-refractivity contribution is 7.92. The first-order valence-corrected chi connectivity index (χ1v) is 7.86. The molecule has 1 saturated heterocycles. The molecular weight excluding hydrogens is 309 g/mol. The largest absolute Gasteiger partial charge is 0.503 e. The van der Waals surface area contributed by atoms with Gasteiger partial charge in [0.25, 0.3) is 9.84 Å². The first-order chi connectivity index (χ1) is 9.64. The van der Waals surface area contributed by atoms with Crippen molar-refractivity contribution < 1.29 is 26.4 Å². The van der Waals surface area contributed by atoms with Crippen LogP contribution in [0.5, 0.6) is 0 Å². The molecule has 1 aromatic rings. The lowest BCUT2D eigenvalue weighted by atomic mass is 10.1. The molecule has 5 nitrogen and oxygen atoms in total. The van der Waals surface area contributed by atoms with E-state index in [1.807, 2.05) is 0 Å². The summed E-state index contributed by atoms with van der Waals surface area (Å²) in [6, 6.07) is 1.89. The number of alkyl halides is 3. The Hall–Kier alpha value is -1.51. The fourth-order valence-electron chi connectivity index (χ4n) is 2.49. The molecule has 0 saturated carbocycles. The van der Waals surface area contributed by atoms with Gasteiger partial charge >= 0.3 is 5.51 Å². The summed E-state index contributed by atoms with van der Waals surface area (Å²) >= 11 is 0. The van der Waals surface area contributed by atoms with E-state index in [0.717, 1.165) is 10.6 Å². The molecule has 1 amide bonds. The van der Waals surface area contributed by atoms with Crippen LogP contribution in [0.15, 0.2) is 23.4 Å². The second kappa shape index (κ2) is 5.36. The molecule has 2 rings (SSSR count). The van der Waals surface area contributed by atoms with Crippen LogP contribution in [0.3, 0.4) is 0 Å². The van der Waals surface area contributed by atoms with E-state index in [9.17, 15) is 26.4 Å². The molecule has 0 N–H and O–H groups in total. The minimum atomic E-state index is -5.36. The van der Waals surface area contributed by atoms with Gasteiger partial charge in [0, 0.05) is 32.3 Å². The number of carbonyl (C=O) groups excluding carboxylic acids is 1. The predicted octanol–water partition coefficient (Wildman–Crippen LogP) is 1.97. The molecule has 1 aliphatic heterocycles. The predicted molar refractivity (Wildman–Crippen MR) is 68.2 cm³/mol. The maximum Gasteiger partial charge on any atom is 0.503 e. The highest BCUT2D eigenvalue weighted by Crippen LogP contribution is 2.34. The number of aromatic nitrogens is 1. The Bertz CT molecular complexity index is 628. The van der Waals surface area contributed by atoms with Gasteiger partial charge in [-0.15, -0.1) is 0 Å². The average molecular weight is 324 g/mol. The molecule has 1 aromatic heterocycles. The maximum absolute atomic E-state index is 12.7. The maximum atomic E-state index is 12.7. The van der Waals surface area contributed by atoms with Crippen LogP contribution in [-0.2, 0) is 14.6 Å². The van der Waals surface area contributed by atoms with Gasteiger partial charge in [-0.25, -0.2) is 8.42 Å². The normalized spacial score (nSPS) is 18.0. The van der Waals surface area contributed by atoms with Gasteiger partial charge in [-0.1, -0.05) is 0 Å². The van der Waals surface area contributed by atoms with Crippen LogP contribution in [0.1, 0.15) is 25.8 Å². The molecule has 0 atom stereocenters. The number of piperidine rings is 1. The number of hydrogen-bond donors (Lipinski definition) is 0. The van der Waals surface area contributed by atoms with Gasteiger partial charge in [-0.3, -0.25) is 4.79 Å². The monoisotopic (exact) mass is 324 g/mol. The highest BCUT2D eigenvalue weighted by atomic mass is 32.2. The summed E-state index contributed by atoms with van der Waals surface area (Å²) in [5.41, 5.74) is -5.32. The summed E-state index contributed by atoms with van der Waals surface area (Å²) in [5, 5.41) is -0.740. The van der Waals surface area contributed by atoms with Crippen molar-refractivity contribution in [1.29, 1.82) is 0 Å². The van der Waals surface area contributed by atoms with E-state index in [-0.39, 0.29) is 11.9 Å². The minimum Gasteiger partial charge on any atom is -0.343 e. The molecule has 0 aliphatic carbocycles. The second-order valence-corrected chi connectivity index (χ2v) is 6.83. The molecule has 9 heteroatoms. The summed E-state index contributed by atoms with van der Waals surface area (Å²) in [6.45, 7) is 2.24. The van der Waals surface area contributed by atoms with Gasteiger partial charge in [-0.05, 0) is 25.0 Å². The Morgan fingerprint density at radius 3 is 2.33 bits per heavy atom. The number of halogens is 3. The van der Waals surface area contributed by atoms with Crippen molar-refractivity contribution in [3.05, 3.63) is 18.3 Å². The lowest BCUT2D eigenvalue weighted by molar-refractivity contribution is -0.130. The molecule has 21 heavy (non-hydrogen) atoms. The lowest BCUT2D eigenvalue weighted by Crippen LogP contribution is -2.38. The number of nitrogens with zero attached hydrogens (tertiary/aromatic N) is 2. The molecule has 118 valence electrons. The zero-order chi connectivity index (χ0) is 15.8.